The maximum Gasteiger partial charge on any atom is 0.253 e. The van der Waals surface area contributed by atoms with E-state index in [9.17, 15) is 9.59 Å². The van der Waals surface area contributed by atoms with Crippen LogP contribution < -0.4 is 10.2 Å². The first kappa shape index (κ1) is 16.4. The summed E-state index contributed by atoms with van der Waals surface area (Å²) in [5, 5.41) is 4.84. The van der Waals surface area contributed by atoms with E-state index in [0.29, 0.717) is 24.4 Å². The van der Waals surface area contributed by atoms with E-state index in [4.69, 9.17) is 4.74 Å². The molecule has 0 atom stereocenters. The fraction of sp³-hybridized carbons (Fsp3) is 0.222. The lowest BCUT2D eigenvalue weighted by Gasteiger charge is -2.26. The van der Waals surface area contributed by atoms with Crippen molar-refractivity contribution in [3.63, 3.8) is 0 Å². The predicted molar refractivity (Wildman–Crippen MR) is 96.2 cm³/mol. The van der Waals surface area contributed by atoms with Gasteiger partial charge in [0.25, 0.3) is 11.8 Å². The van der Waals surface area contributed by atoms with Crippen LogP contribution in [0.25, 0.3) is 6.08 Å². The zero-order valence-electron chi connectivity index (χ0n) is 13.3. The average molecular weight is 342 g/mol. The summed E-state index contributed by atoms with van der Waals surface area (Å²) in [6.07, 6.45) is 1.86. The number of benzene rings is 1. The molecule has 1 N–H and O–H groups in total. The van der Waals surface area contributed by atoms with Crippen molar-refractivity contribution in [3.8, 4) is 0 Å². The van der Waals surface area contributed by atoms with Crippen LogP contribution in [-0.4, -0.2) is 31.6 Å². The van der Waals surface area contributed by atoms with Gasteiger partial charge in [-0.15, -0.1) is 11.3 Å². The van der Waals surface area contributed by atoms with Gasteiger partial charge in [0.15, 0.2) is 0 Å². The van der Waals surface area contributed by atoms with Crippen LogP contribution in [0.15, 0.2) is 47.4 Å². The molecule has 2 amide bonds. The lowest BCUT2D eigenvalue weighted by Crippen LogP contribution is -2.41. The zero-order chi connectivity index (χ0) is 16.9. The highest BCUT2D eigenvalue weighted by Crippen LogP contribution is 2.20. The molecule has 1 fully saturated rings. The van der Waals surface area contributed by atoms with Crippen LogP contribution >= 0.6 is 11.3 Å². The van der Waals surface area contributed by atoms with E-state index < -0.39 is 0 Å². The van der Waals surface area contributed by atoms with Gasteiger partial charge < -0.3 is 15.0 Å². The van der Waals surface area contributed by atoms with Crippen LogP contribution in [0.3, 0.4) is 0 Å². The van der Waals surface area contributed by atoms with Crippen LogP contribution in [-0.2, 0) is 14.3 Å². The van der Waals surface area contributed by atoms with E-state index in [0.717, 1.165) is 10.6 Å². The normalized spacial score (nSPS) is 15.5. The van der Waals surface area contributed by atoms with E-state index in [2.05, 4.69) is 5.32 Å². The molecule has 1 saturated heterocycles. The van der Waals surface area contributed by atoms with E-state index in [1.54, 1.807) is 35.3 Å². The molecule has 5 nitrogen and oxygen atoms in total. The Labute approximate surface area is 144 Å². The molecule has 0 aliphatic carbocycles. The topological polar surface area (TPSA) is 58.6 Å². The van der Waals surface area contributed by atoms with Crippen LogP contribution in [0.4, 0.5) is 11.4 Å². The monoisotopic (exact) mass is 342 g/mol. The van der Waals surface area contributed by atoms with E-state index in [-0.39, 0.29) is 18.4 Å². The van der Waals surface area contributed by atoms with Crippen molar-refractivity contribution < 1.29 is 14.3 Å². The third kappa shape index (κ3) is 3.90. The summed E-state index contributed by atoms with van der Waals surface area (Å²) in [6, 6.07) is 11.2. The Morgan fingerprint density at radius 1 is 1.29 bits per heavy atom. The Morgan fingerprint density at radius 3 is 2.75 bits per heavy atom. The Balaban J connectivity index is 1.65. The zero-order valence-corrected chi connectivity index (χ0v) is 14.1. The van der Waals surface area contributed by atoms with Crippen molar-refractivity contribution >= 4 is 40.6 Å². The molecule has 0 unspecified atom stereocenters. The molecule has 2 aromatic rings. The summed E-state index contributed by atoms with van der Waals surface area (Å²) in [5.74, 6) is -0.189. The number of carbonyl (C=O) groups excluding carboxylic acids is 2. The molecule has 0 radical (unpaired) electrons. The molecular formula is C18H18N2O3S. The molecular weight excluding hydrogens is 324 g/mol. The number of hydrogen-bond donors (Lipinski definition) is 1. The van der Waals surface area contributed by atoms with Crippen molar-refractivity contribution in [2.24, 2.45) is 0 Å². The molecule has 1 aliphatic heterocycles. The highest BCUT2D eigenvalue weighted by atomic mass is 32.1. The molecule has 0 bridgehead atoms. The van der Waals surface area contributed by atoms with Gasteiger partial charge in [0.1, 0.15) is 6.61 Å². The maximum absolute atomic E-state index is 12.2. The number of thiophene rings is 1. The number of nitrogens with zero attached hydrogens (tertiary/aromatic N) is 1. The first-order valence-electron chi connectivity index (χ1n) is 7.65. The van der Waals surface area contributed by atoms with Crippen molar-refractivity contribution in [3.05, 3.63) is 52.2 Å². The number of nitrogens with one attached hydrogen (secondary N) is 1. The Kier molecular flexibility index (Phi) is 5.08. The second kappa shape index (κ2) is 7.42. The second-order valence-corrected chi connectivity index (χ2v) is 6.42. The highest BCUT2D eigenvalue weighted by molar-refractivity contribution is 7.10. The maximum atomic E-state index is 12.2. The summed E-state index contributed by atoms with van der Waals surface area (Å²) in [4.78, 5) is 26.8. The second-order valence-electron chi connectivity index (χ2n) is 5.44. The van der Waals surface area contributed by atoms with Crippen molar-refractivity contribution in [2.75, 3.05) is 30.0 Å². The van der Waals surface area contributed by atoms with Crippen molar-refractivity contribution in [1.82, 2.24) is 0 Å². The lowest BCUT2D eigenvalue weighted by molar-refractivity contribution is -0.125. The predicted octanol–water partition coefficient (Wildman–Crippen LogP) is 3.15. The Bertz CT molecular complexity index is 751. The fourth-order valence-corrected chi connectivity index (χ4v) is 3.11. The number of ether oxygens (including phenoxy) is 1. The molecule has 0 spiro atoms. The molecule has 24 heavy (non-hydrogen) atoms. The van der Waals surface area contributed by atoms with Gasteiger partial charge in [-0.3, -0.25) is 9.59 Å². The third-order valence-corrected chi connectivity index (χ3v) is 4.50. The molecule has 6 heteroatoms. The number of amides is 2. The van der Waals surface area contributed by atoms with Crippen LogP contribution in [0, 0.1) is 0 Å². The van der Waals surface area contributed by atoms with Gasteiger partial charge in [0.05, 0.1) is 6.61 Å². The SMILES string of the molecule is C/C(=C\c1cccs1)C(=O)Nc1ccc(N2CCOCC2=O)cc1. The lowest BCUT2D eigenvalue weighted by atomic mass is 10.2. The largest absolute Gasteiger partial charge is 0.370 e. The van der Waals surface area contributed by atoms with Crippen LogP contribution in [0.5, 0.6) is 0 Å². The van der Waals surface area contributed by atoms with Crippen LogP contribution in [0.1, 0.15) is 11.8 Å². The molecule has 0 saturated carbocycles. The standard InChI is InChI=1S/C18H18N2O3S/c1-13(11-16-3-2-10-24-16)18(22)19-14-4-6-15(7-5-14)20-8-9-23-12-17(20)21/h2-7,10-11H,8-9,12H2,1H3,(H,19,22)/b13-11+. The third-order valence-electron chi connectivity index (χ3n) is 3.68. The molecule has 3 rings (SSSR count). The molecule has 1 aromatic carbocycles. The van der Waals surface area contributed by atoms with Crippen molar-refractivity contribution in [2.45, 2.75) is 6.92 Å². The van der Waals surface area contributed by atoms with Gasteiger partial charge in [-0.25, -0.2) is 0 Å². The average Bonchev–Trinajstić information content (AvgIpc) is 3.09. The van der Waals surface area contributed by atoms with Crippen LogP contribution in [0.2, 0.25) is 0 Å². The summed E-state index contributed by atoms with van der Waals surface area (Å²) in [7, 11) is 0. The minimum absolute atomic E-state index is 0.0484. The quantitative estimate of drug-likeness (QED) is 0.869. The van der Waals surface area contributed by atoms with Gasteiger partial charge in [-0.1, -0.05) is 6.07 Å². The summed E-state index contributed by atoms with van der Waals surface area (Å²) < 4.78 is 5.13. The highest BCUT2D eigenvalue weighted by Gasteiger charge is 2.19. The fourth-order valence-electron chi connectivity index (χ4n) is 2.40. The van der Waals surface area contributed by atoms with Gasteiger partial charge in [-0.2, -0.15) is 0 Å². The summed E-state index contributed by atoms with van der Waals surface area (Å²) >= 11 is 1.59. The van der Waals surface area contributed by atoms with E-state index >= 15 is 0 Å². The minimum atomic E-state index is -0.140. The van der Waals surface area contributed by atoms with Crippen molar-refractivity contribution in [1.29, 1.82) is 0 Å². The molecule has 1 aliphatic rings. The van der Waals surface area contributed by atoms with Gasteiger partial charge >= 0.3 is 0 Å². The summed E-state index contributed by atoms with van der Waals surface area (Å²) in [5.41, 5.74) is 2.15. The number of anilines is 2. The van der Waals surface area contributed by atoms with Gasteiger partial charge in [0, 0.05) is 28.4 Å². The van der Waals surface area contributed by atoms with E-state index in [1.807, 2.05) is 35.7 Å². The molecule has 1 aromatic heterocycles. The number of rotatable bonds is 4. The van der Waals surface area contributed by atoms with Gasteiger partial charge in [0.2, 0.25) is 0 Å². The number of carbonyl (C=O) groups is 2. The molecule has 2 heterocycles. The first-order valence-corrected chi connectivity index (χ1v) is 8.53. The smallest absolute Gasteiger partial charge is 0.253 e. The first-order chi connectivity index (χ1) is 11.6. The van der Waals surface area contributed by atoms with E-state index in [1.165, 1.54) is 0 Å². The Morgan fingerprint density at radius 2 is 2.08 bits per heavy atom. The van der Waals surface area contributed by atoms with Gasteiger partial charge in [-0.05, 0) is 48.7 Å². The number of hydrogen-bond acceptors (Lipinski definition) is 4. The summed E-state index contributed by atoms with van der Waals surface area (Å²) in [6.45, 7) is 2.99. The number of morpholine rings is 1. The Hall–Kier alpha value is -2.44. The minimum Gasteiger partial charge on any atom is -0.370 e. The molecule has 124 valence electrons.